The van der Waals surface area contributed by atoms with E-state index in [0.717, 1.165) is 11.3 Å². The van der Waals surface area contributed by atoms with Crippen molar-refractivity contribution in [3.05, 3.63) is 29.0 Å². The van der Waals surface area contributed by atoms with Crippen LogP contribution in [0.4, 0.5) is 0 Å². The predicted molar refractivity (Wildman–Crippen MR) is 63.6 cm³/mol. The second-order valence-electron chi connectivity index (χ2n) is 3.21. The van der Waals surface area contributed by atoms with Crippen molar-refractivity contribution in [2.45, 2.75) is 13.0 Å². The van der Waals surface area contributed by atoms with E-state index in [1.807, 2.05) is 6.07 Å². The second kappa shape index (κ2) is 4.68. The Labute approximate surface area is 98.1 Å². The lowest BCUT2D eigenvalue weighted by molar-refractivity contribution is 0.389. The largest absolute Gasteiger partial charge is 0.481 e. The van der Waals surface area contributed by atoms with E-state index in [9.17, 15) is 0 Å². The van der Waals surface area contributed by atoms with Crippen LogP contribution >= 0.6 is 23.8 Å². The third-order valence-electron chi connectivity index (χ3n) is 2.02. The fourth-order valence-electron chi connectivity index (χ4n) is 1.24. The van der Waals surface area contributed by atoms with Gasteiger partial charge >= 0.3 is 0 Å². The van der Waals surface area contributed by atoms with Crippen LogP contribution in [0, 0.1) is 0 Å². The van der Waals surface area contributed by atoms with Crippen LogP contribution in [0.25, 0.3) is 0 Å². The second-order valence-corrected chi connectivity index (χ2v) is 4.05. The number of hydrogen-bond donors (Lipinski definition) is 0. The van der Waals surface area contributed by atoms with Gasteiger partial charge in [0.05, 0.1) is 18.7 Å². The molecule has 1 aliphatic rings. The van der Waals surface area contributed by atoms with E-state index in [1.165, 1.54) is 0 Å². The van der Waals surface area contributed by atoms with Crippen LogP contribution in [0.2, 0.25) is 5.15 Å². The molecule has 0 atom stereocenters. The van der Waals surface area contributed by atoms with Gasteiger partial charge in [0.25, 0.3) is 0 Å². The molecule has 0 spiro atoms. The van der Waals surface area contributed by atoms with E-state index < -0.39 is 0 Å². The SMILES string of the molecule is S=C1CC(=NCc2ccc(Cl)nc2)CO1. The lowest BCUT2D eigenvalue weighted by Crippen LogP contribution is -1.97. The smallest absolute Gasteiger partial charge is 0.166 e. The number of rotatable bonds is 2. The van der Waals surface area contributed by atoms with Crippen LogP contribution in [-0.4, -0.2) is 22.4 Å². The maximum Gasteiger partial charge on any atom is 0.166 e. The first kappa shape index (κ1) is 10.5. The van der Waals surface area contributed by atoms with Gasteiger partial charge in [-0.25, -0.2) is 4.98 Å². The molecule has 0 unspecified atom stereocenters. The van der Waals surface area contributed by atoms with E-state index in [0.29, 0.717) is 29.8 Å². The molecule has 2 rings (SSSR count). The molecule has 1 saturated heterocycles. The van der Waals surface area contributed by atoms with Crippen molar-refractivity contribution >= 4 is 34.6 Å². The summed E-state index contributed by atoms with van der Waals surface area (Å²) >= 11 is 10.6. The third kappa shape index (κ3) is 2.97. The minimum atomic E-state index is 0.497. The highest BCUT2D eigenvalue weighted by Crippen LogP contribution is 2.09. The highest BCUT2D eigenvalue weighted by atomic mass is 35.5. The van der Waals surface area contributed by atoms with Crippen molar-refractivity contribution in [2.75, 3.05) is 6.61 Å². The lowest BCUT2D eigenvalue weighted by Gasteiger charge is -1.96. The van der Waals surface area contributed by atoms with Gasteiger partial charge in [-0.15, -0.1) is 0 Å². The molecule has 15 heavy (non-hydrogen) atoms. The monoisotopic (exact) mass is 240 g/mol. The van der Waals surface area contributed by atoms with Crippen molar-refractivity contribution in [3.8, 4) is 0 Å². The molecule has 78 valence electrons. The van der Waals surface area contributed by atoms with Gasteiger partial charge in [-0.1, -0.05) is 17.7 Å². The Morgan fingerprint density at radius 3 is 3.00 bits per heavy atom. The summed E-state index contributed by atoms with van der Waals surface area (Å²) in [5.41, 5.74) is 2.03. The molecule has 0 bridgehead atoms. The van der Waals surface area contributed by atoms with E-state index in [4.69, 9.17) is 28.6 Å². The van der Waals surface area contributed by atoms with Crippen molar-refractivity contribution in [1.29, 1.82) is 0 Å². The Hall–Kier alpha value is -1.00. The van der Waals surface area contributed by atoms with Crippen molar-refractivity contribution < 1.29 is 4.74 Å². The maximum absolute atomic E-state index is 5.67. The predicted octanol–water partition coefficient (Wildman–Crippen LogP) is 2.42. The number of aromatic nitrogens is 1. The Morgan fingerprint density at radius 1 is 1.53 bits per heavy atom. The zero-order valence-electron chi connectivity index (χ0n) is 7.94. The van der Waals surface area contributed by atoms with Crippen molar-refractivity contribution in [1.82, 2.24) is 4.98 Å². The minimum absolute atomic E-state index is 0.497. The number of pyridine rings is 1. The molecule has 0 saturated carbocycles. The summed E-state index contributed by atoms with van der Waals surface area (Å²) in [6.45, 7) is 1.13. The van der Waals surface area contributed by atoms with Crippen LogP contribution < -0.4 is 0 Å². The molecule has 1 aromatic heterocycles. The normalized spacial score (nSPS) is 18.2. The van der Waals surface area contributed by atoms with Crippen LogP contribution in [0.15, 0.2) is 23.3 Å². The van der Waals surface area contributed by atoms with Gasteiger partial charge in [-0.05, 0) is 23.8 Å². The summed E-state index contributed by atoms with van der Waals surface area (Å²) in [7, 11) is 0. The van der Waals surface area contributed by atoms with Crippen LogP contribution in [-0.2, 0) is 11.3 Å². The van der Waals surface area contributed by atoms with E-state index in [2.05, 4.69) is 9.98 Å². The lowest BCUT2D eigenvalue weighted by atomic mass is 10.3. The quantitative estimate of drug-likeness (QED) is 0.588. The fourth-order valence-corrected chi connectivity index (χ4v) is 1.57. The molecule has 0 N–H and O–H groups in total. The average molecular weight is 241 g/mol. The van der Waals surface area contributed by atoms with Crippen molar-refractivity contribution in [3.63, 3.8) is 0 Å². The Balaban J connectivity index is 1.98. The molecule has 0 aromatic carbocycles. The molecular weight excluding hydrogens is 232 g/mol. The molecule has 1 aliphatic heterocycles. The van der Waals surface area contributed by atoms with Crippen molar-refractivity contribution in [2.24, 2.45) is 4.99 Å². The number of hydrogen-bond acceptors (Lipinski definition) is 4. The summed E-state index contributed by atoms with van der Waals surface area (Å²) in [5, 5.41) is 1.12. The van der Waals surface area contributed by atoms with E-state index in [-0.39, 0.29) is 0 Å². The van der Waals surface area contributed by atoms with Gasteiger partial charge in [0, 0.05) is 6.20 Å². The summed E-state index contributed by atoms with van der Waals surface area (Å²) in [6, 6.07) is 3.67. The Kier molecular flexibility index (Phi) is 3.28. The molecule has 3 nitrogen and oxygen atoms in total. The molecule has 0 amide bonds. The molecule has 0 aliphatic carbocycles. The first-order chi connectivity index (χ1) is 7.24. The van der Waals surface area contributed by atoms with Gasteiger partial charge in [0.15, 0.2) is 5.05 Å². The molecule has 1 aromatic rings. The number of nitrogens with zero attached hydrogens (tertiary/aromatic N) is 2. The van der Waals surface area contributed by atoms with E-state index in [1.54, 1.807) is 12.3 Å². The Morgan fingerprint density at radius 2 is 2.40 bits per heavy atom. The summed E-state index contributed by atoms with van der Waals surface area (Å²) in [4.78, 5) is 8.37. The van der Waals surface area contributed by atoms with Gasteiger partial charge in [0.2, 0.25) is 0 Å². The summed E-state index contributed by atoms with van der Waals surface area (Å²) < 4.78 is 5.14. The summed E-state index contributed by atoms with van der Waals surface area (Å²) in [6.07, 6.45) is 2.40. The molecular formula is C10H9ClN2OS. The van der Waals surface area contributed by atoms with Crippen LogP contribution in [0.5, 0.6) is 0 Å². The first-order valence-electron chi connectivity index (χ1n) is 4.52. The highest BCUT2D eigenvalue weighted by molar-refractivity contribution is 7.80. The fraction of sp³-hybridized carbons (Fsp3) is 0.300. The molecule has 5 heteroatoms. The third-order valence-corrected chi connectivity index (χ3v) is 2.51. The minimum Gasteiger partial charge on any atom is -0.481 e. The van der Waals surface area contributed by atoms with Gasteiger partial charge in [-0.2, -0.15) is 0 Å². The summed E-state index contributed by atoms with van der Waals surface area (Å²) in [5.74, 6) is 0. The molecule has 2 heterocycles. The van der Waals surface area contributed by atoms with Gasteiger partial charge in [-0.3, -0.25) is 4.99 Å². The zero-order chi connectivity index (χ0) is 10.7. The van der Waals surface area contributed by atoms with Crippen LogP contribution in [0.3, 0.4) is 0 Å². The van der Waals surface area contributed by atoms with Gasteiger partial charge < -0.3 is 4.74 Å². The maximum atomic E-state index is 5.67. The average Bonchev–Trinajstić information content (AvgIpc) is 2.64. The van der Waals surface area contributed by atoms with Gasteiger partial charge in [0.1, 0.15) is 11.8 Å². The van der Waals surface area contributed by atoms with Crippen LogP contribution in [0.1, 0.15) is 12.0 Å². The first-order valence-corrected chi connectivity index (χ1v) is 5.31. The topological polar surface area (TPSA) is 34.5 Å². The van der Waals surface area contributed by atoms with E-state index >= 15 is 0 Å². The molecule has 1 fully saturated rings. The number of halogens is 1. The standard InChI is InChI=1S/C10H9ClN2OS/c11-9-2-1-7(5-13-9)4-12-8-3-10(15)14-6-8/h1-2,5H,3-4,6H2. The number of thiocarbonyl (C=S) groups is 1. The Bertz CT molecular complexity index is 402. The number of aliphatic imine (C=N–C) groups is 1. The molecule has 0 radical (unpaired) electrons. The highest BCUT2D eigenvalue weighted by Gasteiger charge is 2.13. The number of ether oxygens (including phenoxy) is 1. The zero-order valence-corrected chi connectivity index (χ0v) is 9.51.